The fourth-order valence-electron chi connectivity index (χ4n) is 2.41. The van der Waals surface area contributed by atoms with Gasteiger partial charge in [-0.15, -0.1) is 0 Å². The first-order valence-corrected chi connectivity index (χ1v) is 7.62. The van der Waals surface area contributed by atoms with Crippen molar-refractivity contribution in [3.05, 3.63) is 64.5 Å². The van der Waals surface area contributed by atoms with Gasteiger partial charge < -0.3 is 5.32 Å². The van der Waals surface area contributed by atoms with Crippen LogP contribution in [0.15, 0.2) is 30.3 Å². The van der Waals surface area contributed by atoms with Crippen LogP contribution in [0.1, 0.15) is 42.3 Å². The largest absolute Gasteiger partial charge is 0.322 e. The van der Waals surface area contributed by atoms with Crippen LogP contribution in [0.25, 0.3) is 0 Å². The molecule has 0 aliphatic heterocycles. The van der Waals surface area contributed by atoms with E-state index in [1.807, 2.05) is 13.0 Å². The van der Waals surface area contributed by atoms with Crippen LogP contribution < -0.4 is 5.32 Å². The predicted molar refractivity (Wildman–Crippen MR) is 88.6 cm³/mol. The summed E-state index contributed by atoms with van der Waals surface area (Å²) in [5, 5.41) is 2.39. The molecule has 0 atom stereocenters. The lowest BCUT2D eigenvalue weighted by Gasteiger charge is -2.20. The third-order valence-corrected chi connectivity index (χ3v) is 3.57. The predicted octanol–water partition coefficient (Wildman–Crippen LogP) is 5.25. The molecule has 0 aliphatic carbocycles. The van der Waals surface area contributed by atoms with Crippen LogP contribution >= 0.6 is 0 Å². The molecule has 0 spiro atoms. The molecule has 2 nitrogen and oxygen atoms in total. The van der Waals surface area contributed by atoms with Crippen LogP contribution in [-0.4, -0.2) is 5.91 Å². The number of anilines is 1. The molecule has 2 rings (SSSR count). The van der Waals surface area contributed by atoms with Crippen molar-refractivity contribution in [1.82, 2.24) is 0 Å². The average Bonchev–Trinajstić information content (AvgIpc) is 2.45. The average molecular weight is 335 g/mol. The Balaban J connectivity index is 2.26. The third kappa shape index (κ3) is 4.37. The number of hydrogen-bond donors (Lipinski definition) is 1. The summed E-state index contributed by atoms with van der Waals surface area (Å²) in [4.78, 5) is 12.3. The first-order valence-electron chi connectivity index (χ1n) is 7.62. The number of benzene rings is 2. The van der Waals surface area contributed by atoms with E-state index in [-0.39, 0.29) is 11.1 Å². The van der Waals surface area contributed by atoms with Crippen molar-refractivity contribution in [2.24, 2.45) is 5.41 Å². The molecule has 0 aliphatic rings. The van der Waals surface area contributed by atoms with Gasteiger partial charge in [0.2, 0.25) is 0 Å². The molecule has 0 radical (unpaired) electrons. The first-order chi connectivity index (χ1) is 11.1. The van der Waals surface area contributed by atoms with Gasteiger partial charge in [0.25, 0.3) is 5.91 Å². The van der Waals surface area contributed by atoms with Crippen LogP contribution in [0.4, 0.5) is 18.9 Å². The van der Waals surface area contributed by atoms with Gasteiger partial charge in [-0.2, -0.15) is 0 Å². The van der Waals surface area contributed by atoms with Crippen molar-refractivity contribution in [3.63, 3.8) is 0 Å². The zero-order chi connectivity index (χ0) is 18.1. The molecule has 0 saturated heterocycles. The Kier molecular flexibility index (Phi) is 5.02. The van der Waals surface area contributed by atoms with Crippen molar-refractivity contribution in [2.75, 3.05) is 5.32 Å². The Bertz CT molecular complexity index is 756. The molecule has 2 aromatic carbocycles. The zero-order valence-electron chi connectivity index (χ0n) is 14.1. The van der Waals surface area contributed by atoms with Gasteiger partial charge >= 0.3 is 0 Å². The number of carbonyl (C=O) groups is 1. The number of nitrogens with one attached hydrogen (secondary N) is 1. The van der Waals surface area contributed by atoms with E-state index in [0.29, 0.717) is 5.56 Å². The molecule has 128 valence electrons. The van der Waals surface area contributed by atoms with Crippen molar-refractivity contribution < 1.29 is 18.0 Å². The van der Waals surface area contributed by atoms with Gasteiger partial charge in [-0.3, -0.25) is 4.79 Å². The highest BCUT2D eigenvalue weighted by atomic mass is 19.2. The number of hydrogen-bond acceptors (Lipinski definition) is 1. The summed E-state index contributed by atoms with van der Waals surface area (Å²) >= 11 is 0. The molecular formula is C19H20F3NO. The number of aryl methyl sites for hydroxylation is 1. The third-order valence-electron chi connectivity index (χ3n) is 3.57. The number of rotatable bonds is 3. The van der Waals surface area contributed by atoms with E-state index in [2.05, 4.69) is 26.1 Å². The lowest BCUT2D eigenvalue weighted by atomic mass is 9.86. The van der Waals surface area contributed by atoms with E-state index in [4.69, 9.17) is 0 Å². The maximum Gasteiger partial charge on any atom is 0.255 e. The summed E-state index contributed by atoms with van der Waals surface area (Å²) in [7, 11) is 0. The maximum atomic E-state index is 13.2. The van der Waals surface area contributed by atoms with E-state index in [1.165, 1.54) is 0 Å². The molecule has 0 bridgehead atoms. The molecule has 2 aromatic rings. The normalized spacial score (nSPS) is 11.5. The summed E-state index contributed by atoms with van der Waals surface area (Å²) in [6.07, 6.45) is 0.791. The quantitative estimate of drug-likeness (QED) is 0.762. The Morgan fingerprint density at radius 1 is 1.04 bits per heavy atom. The molecule has 0 aromatic heterocycles. The summed E-state index contributed by atoms with van der Waals surface area (Å²) in [6.45, 7) is 8.27. The van der Waals surface area contributed by atoms with Crippen molar-refractivity contribution >= 4 is 11.6 Å². The molecule has 0 unspecified atom stereocenters. The van der Waals surface area contributed by atoms with Crippen molar-refractivity contribution in [2.45, 2.75) is 34.1 Å². The van der Waals surface area contributed by atoms with Crippen LogP contribution in [0, 0.1) is 29.8 Å². The van der Waals surface area contributed by atoms with E-state index in [0.717, 1.165) is 29.7 Å². The minimum Gasteiger partial charge on any atom is -0.322 e. The fraction of sp³-hybridized carbons (Fsp3) is 0.316. The molecule has 24 heavy (non-hydrogen) atoms. The number of halogens is 3. The van der Waals surface area contributed by atoms with Gasteiger partial charge in [-0.05, 0) is 42.0 Å². The number of amides is 1. The first kappa shape index (κ1) is 18.0. The molecule has 5 heteroatoms. The Morgan fingerprint density at radius 3 is 2.17 bits per heavy atom. The lowest BCUT2D eigenvalue weighted by molar-refractivity contribution is 0.102. The minimum atomic E-state index is -1.56. The second-order valence-corrected chi connectivity index (χ2v) is 7.09. The number of carbonyl (C=O) groups excluding carboxylic acids is 1. The SMILES string of the molecule is Cc1ccc(C(=O)Nc2cc(F)c(F)c(F)c2)cc1CC(C)(C)C. The molecule has 0 fully saturated rings. The van der Waals surface area contributed by atoms with Crippen LogP contribution in [0.3, 0.4) is 0 Å². The molecule has 1 amide bonds. The van der Waals surface area contributed by atoms with Gasteiger partial charge in [-0.1, -0.05) is 26.8 Å². The van der Waals surface area contributed by atoms with Crippen molar-refractivity contribution in [1.29, 1.82) is 0 Å². The van der Waals surface area contributed by atoms with Crippen LogP contribution in [-0.2, 0) is 6.42 Å². The second kappa shape index (κ2) is 6.67. The van der Waals surface area contributed by atoms with Crippen LogP contribution in [0.2, 0.25) is 0 Å². The molecule has 1 N–H and O–H groups in total. The molecule has 0 heterocycles. The van der Waals surface area contributed by atoms with E-state index in [9.17, 15) is 18.0 Å². The summed E-state index contributed by atoms with van der Waals surface area (Å²) < 4.78 is 39.4. The van der Waals surface area contributed by atoms with E-state index < -0.39 is 23.4 Å². The Morgan fingerprint density at radius 2 is 1.62 bits per heavy atom. The van der Waals surface area contributed by atoms with Crippen LogP contribution in [0.5, 0.6) is 0 Å². The van der Waals surface area contributed by atoms with Gasteiger partial charge in [-0.25, -0.2) is 13.2 Å². The van der Waals surface area contributed by atoms with Crippen molar-refractivity contribution in [3.8, 4) is 0 Å². The summed E-state index contributed by atoms with van der Waals surface area (Å²) in [6, 6.07) is 6.75. The summed E-state index contributed by atoms with van der Waals surface area (Å²) in [5.41, 5.74) is 2.41. The highest BCUT2D eigenvalue weighted by molar-refractivity contribution is 6.04. The lowest BCUT2D eigenvalue weighted by Crippen LogP contribution is -2.15. The van der Waals surface area contributed by atoms with E-state index in [1.54, 1.807) is 12.1 Å². The fourth-order valence-corrected chi connectivity index (χ4v) is 2.41. The monoisotopic (exact) mass is 335 g/mol. The van der Waals surface area contributed by atoms with E-state index >= 15 is 0 Å². The Labute approximate surface area is 139 Å². The zero-order valence-corrected chi connectivity index (χ0v) is 14.1. The summed E-state index contributed by atoms with van der Waals surface area (Å²) in [5.74, 6) is -4.75. The van der Waals surface area contributed by atoms with Gasteiger partial charge in [0.15, 0.2) is 17.5 Å². The van der Waals surface area contributed by atoms with Gasteiger partial charge in [0.05, 0.1) is 0 Å². The van der Waals surface area contributed by atoms with Gasteiger partial charge in [0.1, 0.15) is 0 Å². The highest BCUT2D eigenvalue weighted by Gasteiger charge is 2.16. The standard InChI is InChI=1S/C19H20F3NO/c1-11-5-6-12(7-13(11)10-19(2,3)4)18(24)23-14-8-15(20)17(22)16(21)9-14/h5-9H,10H2,1-4H3,(H,23,24). The molecule has 0 saturated carbocycles. The second-order valence-electron chi connectivity index (χ2n) is 7.09. The Hall–Kier alpha value is -2.30. The minimum absolute atomic E-state index is 0.0586. The highest BCUT2D eigenvalue weighted by Crippen LogP contribution is 2.24. The topological polar surface area (TPSA) is 29.1 Å². The maximum absolute atomic E-state index is 13.2. The van der Waals surface area contributed by atoms with Gasteiger partial charge in [0, 0.05) is 23.4 Å². The molecular weight excluding hydrogens is 315 g/mol. The smallest absolute Gasteiger partial charge is 0.255 e.